The molecule has 0 bridgehead atoms. The molecule has 0 spiro atoms. The summed E-state index contributed by atoms with van der Waals surface area (Å²) in [4.78, 5) is 22.8. The van der Waals surface area contributed by atoms with Gasteiger partial charge in [0, 0.05) is 13.0 Å². The van der Waals surface area contributed by atoms with Crippen LogP contribution in [0, 0.1) is 0 Å². The average Bonchev–Trinajstić information content (AvgIpc) is 2.48. The molecule has 0 saturated heterocycles. The van der Waals surface area contributed by atoms with Crippen molar-refractivity contribution in [1.29, 1.82) is 0 Å². The van der Waals surface area contributed by atoms with E-state index in [9.17, 15) is 18.0 Å². The summed E-state index contributed by atoms with van der Waals surface area (Å²) in [5.74, 6) is -0.106. The summed E-state index contributed by atoms with van der Waals surface area (Å²) in [6.45, 7) is 6.14. The highest BCUT2D eigenvalue weighted by Crippen LogP contribution is 2.13. The van der Waals surface area contributed by atoms with Gasteiger partial charge >= 0.3 is 12.0 Å². The normalized spacial score (nSPS) is 11.9. The number of hydrogen-bond acceptors (Lipinski definition) is 5. The highest BCUT2D eigenvalue weighted by molar-refractivity contribution is 7.89. The number of unbranched alkanes of at least 4 members (excludes halogenated alkanes) is 9. The number of rotatable bonds is 14. The molecule has 0 heterocycles. The Kier molecular flexibility index (Phi) is 13.1. The van der Waals surface area contributed by atoms with Gasteiger partial charge in [0.2, 0.25) is 10.0 Å². The van der Waals surface area contributed by atoms with Crippen molar-refractivity contribution in [2.45, 2.75) is 97.0 Å². The predicted molar refractivity (Wildman–Crippen MR) is 108 cm³/mol. The summed E-state index contributed by atoms with van der Waals surface area (Å²) in [6.07, 6.45) is 12.4. The third kappa shape index (κ3) is 20.9. The lowest BCUT2D eigenvalue weighted by molar-refractivity contribution is -0.154. The second-order valence-electron chi connectivity index (χ2n) is 8.00. The van der Waals surface area contributed by atoms with Gasteiger partial charge in [0.25, 0.3) is 0 Å². The standard InChI is InChI=1S/C19H38N2O5S/c1-19(2,3)26-17(22)15-13-11-9-7-5-6-8-10-12-14-16-20-18(23)21-27(4,24)25/h5-16H2,1-4H3,(H2,20,21,23). The second-order valence-corrected chi connectivity index (χ2v) is 9.75. The minimum absolute atomic E-state index is 0.106. The minimum atomic E-state index is -3.49. The Morgan fingerprint density at radius 3 is 1.70 bits per heavy atom. The van der Waals surface area contributed by atoms with Gasteiger partial charge in [-0.1, -0.05) is 51.4 Å². The first-order chi connectivity index (χ1) is 12.5. The first-order valence-corrected chi connectivity index (χ1v) is 11.9. The Morgan fingerprint density at radius 1 is 0.815 bits per heavy atom. The van der Waals surface area contributed by atoms with E-state index in [1.807, 2.05) is 25.5 Å². The van der Waals surface area contributed by atoms with Crippen molar-refractivity contribution < 1.29 is 22.7 Å². The number of carbonyl (C=O) groups is 2. The van der Waals surface area contributed by atoms with Crippen LogP contribution in [0.1, 0.15) is 91.4 Å². The van der Waals surface area contributed by atoms with Crippen LogP contribution in [0.3, 0.4) is 0 Å². The SMILES string of the molecule is CC(C)(C)OC(=O)CCCCCCCCCCCCNC(=O)NS(C)(=O)=O. The van der Waals surface area contributed by atoms with Gasteiger partial charge in [-0.3, -0.25) is 4.79 Å². The number of sulfonamides is 1. The fourth-order valence-corrected chi connectivity index (χ4v) is 3.02. The van der Waals surface area contributed by atoms with Gasteiger partial charge in [-0.15, -0.1) is 0 Å². The molecule has 0 aliphatic rings. The molecule has 7 nitrogen and oxygen atoms in total. The van der Waals surface area contributed by atoms with Gasteiger partial charge in [0.05, 0.1) is 6.26 Å². The topological polar surface area (TPSA) is 102 Å². The fraction of sp³-hybridized carbons (Fsp3) is 0.895. The Hall–Kier alpha value is -1.31. The van der Waals surface area contributed by atoms with E-state index in [4.69, 9.17) is 4.74 Å². The molecule has 0 aliphatic heterocycles. The van der Waals surface area contributed by atoms with Crippen LogP contribution in [0.2, 0.25) is 0 Å². The van der Waals surface area contributed by atoms with Crippen molar-refractivity contribution in [1.82, 2.24) is 10.0 Å². The Labute approximate surface area is 165 Å². The summed E-state index contributed by atoms with van der Waals surface area (Å²) in [5, 5.41) is 2.53. The number of esters is 1. The van der Waals surface area contributed by atoms with Crippen molar-refractivity contribution in [3.8, 4) is 0 Å². The molecule has 0 atom stereocenters. The summed E-state index contributed by atoms with van der Waals surface area (Å²) >= 11 is 0. The highest BCUT2D eigenvalue weighted by Gasteiger charge is 2.15. The molecule has 0 fully saturated rings. The number of hydrogen-bond donors (Lipinski definition) is 2. The lowest BCUT2D eigenvalue weighted by atomic mass is 10.1. The maximum absolute atomic E-state index is 11.6. The molecule has 27 heavy (non-hydrogen) atoms. The van der Waals surface area contributed by atoms with Gasteiger partial charge in [0.1, 0.15) is 5.60 Å². The predicted octanol–water partition coefficient (Wildman–Crippen LogP) is 3.88. The van der Waals surface area contributed by atoms with E-state index in [0.717, 1.165) is 44.8 Å². The van der Waals surface area contributed by atoms with Crippen LogP contribution in [0.5, 0.6) is 0 Å². The lowest BCUT2D eigenvalue weighted by Crippen LogP contribution is -2.39. The van der Waals surface area contributed by atoms with Crippen LogP contribution in [0.15, 0.2) is 0 Å². The van der Waals surface area contributed by atoms with Crippen molar-refractivity contribution in [2.24, 2.45) is 0 Å². The van der Waals surface area contributed by atoms with E-state index in [0.29, 0.717) is 13.0 Å². The zero-order valence-corrected chi connectivity index (χ0v) is 18.3. The van der Waals surface area contributed by atoms with Crippen LogP contribution in [0.4, 0.5) is 4.79 Å². The highest BCUT2D eigenvalue weighted by atomic mass is 32.2. The minimum Gasteiger partial charge on any atom is -0.460 e. The van der Waals surface area contributed by atoms with Gasteiger partial charge in [0.15, 0.2) is 0 Å². The van der Waals surface area contributed by atoms with Crippen LogP contribution in [-0.4, -0.2) is 38.8 Å². The fourth-order valence-electron chi connectivity index (χ4n) is 2.61. The number of carbonyl (C=O) groups excluding carboxylic acids is 2. The third-order valence-corrected chi connectivity index (χ3v) is 4.35. The zero-order chi connectivity index (χ0) is 20.8. The number of amides is 2. The largest absolute Gasteiger partial charge is 0.460 e. The number of ether oxygens (including phenoxy) is 1. The molecule has 0 aromatic carbocycles. The molecule has 2 amide bonds. The molecular weight excluding hydrogens is 368 g/mol. The zero-order valence-electron chi connectivity index (χ0n) is 17.4. The van der Waals surface area contributed by atoms with Crippen molar-refractivity contribution in [2.75, 3.05) is 12.8 Å². The van der Waals surface area contributed by atoms with E-state index in [1.54, 1.807) is 0 Å². The van der Waals surface area contributed by atoms with Crippen LogP contribution in [0.25, 0.3) is 0 Å². The van der Waals surface area contributed by atoms with E-state index in [2.05, 4.69) is 5.32 Å². The molecule has 2 N–H and O–H groups in total. The van der Waals surface area contributed by atoms with Gasteiger partial charge in [-0.2, -0.15) is 0 Å². The maximum atomic E-state index is 11.6. The monoisotopic (exact) mass is 406 g/mol. The molecule has 0 saturated carbocycles. The second kappa shape index (κ2) is 13.8. The van der Waals surface area contributed by atoms with Crippen molar-refractivity contribution in [3.63, 3.8) is 0 Å². The van der Waals surface area contributed by atoms with E-state index < -0.39 is 21.7 Å². The first-order valence-electron chi connectivity index (χ1n) is 9.97. The van der Waals surface area contributed by atoms with Crippen LogP contribution < -0.4 is 10.0 Å². The molecule has 0 radical (unpaired) electrons. The summed E-state index contributed by atoms with van der Waals surface area (Å²) in [7, 11) is -3.49. The van der Waals surface area contributed by atoms with Gasteiger partial charge < -0.3 is 10.1 Å². The number of urea groups is 1. The Balaban J connectivity index is 3.32. The lowest BCUT2D eigenvalue weighted by Gasteiger charge is -2.19. The smallest absolute Gasteiger partial charge is 0.328 e. The van der Waals surface area contributed by atoms with Crippen LogP contribution >= 0.6 is 0 Å². The molecule has 160 valence electrons. The molecule has 0 aromatic heterocycles. The third-order valence-electron chi connectivity index (χ3n) is 3.79. The summed E-state index contributed by atoms with van der Waals surface area (Å²) in [6, 6.07) is -0.663. The molecular formula is C19H38N2O5S. The molecule has 0 rings (SSSR count). The van der Waals surface area contributed by atoms with E-state index in [1.165, 1.54) is 25.7 Å². The van der Waals surface area contributed by atoms with Crippen molar-refractivity contribution in [3.05, 3.63) is 0 Å². The molecule has 0 aliphatic carbocycles. The summed E-state index contributed by atoms with van der Waals surface area (Å²) < 4.78 is 28.8. The van der Waals surface area contributed by atoms with Crippen molar-refractivity contribution >= 4 is 22.0 Å². The van der Waals surface area contributed by atoms with Gasteiger partial charge in [-0.05, 0) is 33.6 Å². The van der Waals surface area contributed by atoms with Crippen LogP contribution in [-0.2, 0) is 19.6 Å². The van der Waals surface area contributed by atoms with E-state index in [-0.39, 0.29) is 5.97 Å². The molecule has 0 unspecified atom stereocenters. The number of nitrogens with one attached hydrogen (secondary N) is 2. The summed E-state index contributed by atoms with van der Waals surface area (Å²) in [5.41, 5.74) is -0.393. The average molecular weight is 407 g/mol. The molecule has 8 heteroatoms. The van der Waals surface area contributed by atoms with E-state index >= 15 is 0 Å². The Bertz CT molecular complexity index is 527. The van der Waals surface area contributed by atoms with Gasteiger partial charge in [-0.25, -0.2) is 17.9 Å². The maximum Gasteiger partial charge on any atom is 0.328 e. The Morgan fingerprint density at radius 2 is 1.26 bits per heavy atom. The quantitative estimate of drug-likeness (QED) is 0.337. The molecule has 0 aromatic rings. The first kappa shape index (κ1) is 25.7.